The van der Waals surface area contributed by atoms with E-state index in [1.54, 1.807) is 12.1 Å². The lowest BCUT2D eigenvalue weighted by Crippen LogP contribution is -2.21. The summed E-state index contributed by atoms with van der Waals surface area (Å²) >= 11 is 2.67. The molecule has 1 aromatic carbocycles. The Morgan fingerprint density at radius 3 is 2.81 bits per heavy atom. The summed E-state index contributed by atoms with van der Waals surface area (Å²) in [5, 5.41) is 14.9. The summed E-state index contributed by atoms with van der Waals surface area (Å²) in [6, 6.07) is 6.53. The van der Waals surface area contributed by atoms with Gasteiger partial charge in [-0.25, -0.2) is 0 Å². The molecule has 0 saturated heterocycles. The van der Waals surface area contributed by atoms with Crippen LogP contribution in [0.5, 0.6) is 5.75 Å². The van der Waals surface area contributed by atoms with E-state index in [1.807, 2.05) is 0 Å². The third-order valence-corrected chi connectivity index (χ3v) is 6.03. The van der Waals surface area contributed by atoms with Gasteiger partial charge in [-0.05, 0) is 25.0 Å². The molecule has 2 aromatic rings. The van der Waals surface area contributed by atoms with Gasteiger partial charge < -0.3 is 15.4 Å². The van der Waals surface area contributed by atoms with Gasteiger partial charge in [0.15, 0.2) is 4.34 Å². The Bertz CT molecular complexity index is 754. The van der Waals surface area contributed by atoms with Crippen molar-refractivity contribution < 1.29 is 18.3 Å². The van der Waals surface area contributed by atoms with Crippen LogP contribution in [0.4, 0.5) is 19.6 Å². The van der Waals surface area contributed by atoms with Crippen molar-refractivity contribution in [1.29, 1.82) is 0 Å². The van der Waals surface area contributed by atoms with Gasteiger partial charge in [-0.2, -0.15) is 8.78 Å². The molecule has 0 radical (unpaired) electrons. The van der Waals surface area contributed by atoms with E-state index < -0.39 is 6.61 Å². The highest BCUT2D eigenvalue weighted by Gasteiger charge is 2.16. The van der Waals surface area contributed by atoms with Crippen molar-refractivity contribution >= 4 is 39.8 Å². The SMILES string of the molecule is O=C(CSc1nnc(NC2CCCCC2)s1)Nc1ccccc1OC(F)F. The fourth-order valence-electron chi connectivity index (χ4n) is 2.83. The lowest BCUT2D eigenvalue weighted by atomic mass is 9.96. The van der Waals surface area contributed by atoms with Gasteiger partial charge in [0, 0.05) is 6.04 Å². The maximum Gasteiger partial charge on any atom is 0.387 e. The molecule has 0 aliphatic heterocycles. The fourth-order valence-corrected chi connectivity index (χ4v) is 4.46. The lowest BCUT2D eigenvalue weighted by molar-refractivity contribution is -0.113. The minimum absolute atomic E-state index is 0.0688. The molecule has 0 atom stereocenters. The third-order valence-electron chi connectivity index (χ3n) is 4.04. The Labute approximate surface area is 164 Å². The number of para-hydroxylation sites is 2. The second-order valence-electron chi connectivity index (χ2n) is 6.06. The quantitative estimate of drug-likeness (QED) is 0.614. The Morgan fingerprint density at radius 2 is 2.04 bits per heavy atom. The van der Waals surface area contributed by atoms with Gasteiger partial charge in [-0.3, -0.25) is 4.79 Å². The van der Waals surface area contributed by atoms with Crippen molar-refractivity contribution in [1.82, 2.24) is 10.2 Å². The van der Waals surface area contributed by atoms with Crippen LogP contribution in [-0.2, 0) is 4.79 Å². The minimum Gasteiger partial charge on any atom is -0.433 e. The first-order chi connectivity index (χ1) is 13.1. The Morgan fingerprint density at radius 1 is 1.26 bits per heavy atom. The van der Waals surface area contributed by atoms with Gasteiger partial charge in [-0.1, -0.05) is 54.5 Å². The van der Waals surface area contributed by atoms with Crippen LogP contribution in [0.25, 0.3) is 0 Å². The first kappa shape index (κ1) is 19.8. The summed E-state index contributed by atoms with van der Waals surface area (Å²) in [5.74, 6) is -0.302. The van der Waals surface area contributed by atoms with Gasteiger partial charge in [0.25, 0.3) is 0 Å². The van der Waals surface area contributed by atoms with Gasteiger partial charge >= 0.3 is 6.61 Å². The van der Waals surface area contributed by atoms with E-state index in [0.717, 1.165) is 18.0 Å². The fraction of sp³-hybridized carbons (Fsp3) is 0.471. The number of alkyl halides is 2. The highest BCUT2D eigenvalue weighted by Crippen LogP contribution is 2.29. The summed E-state index contributed by atoms with van der Waals surface area (Å²) < 4.78 is 29.9. The normalized spacial score (nSPS) is 14.9. The Kier molecular flexibility index (Phi) is 7.22. The van der Waals surface area contributed by atoms with Gasteiger partial charge in [0.05, 0.1) is 11.4 Å². The van der Waals surface area contributed by atoms with Crippen LogP contribution in [0.2, 0.25) is 0 Å². The van der Waals surface area contributed by atoms with E-state index >= 15 is 0 Å². The number of aromatic nitrogens is 2. The molecule has 1 aliphatic rings. The van der Waals surface area contributed by atoms with E-state index in [1.165, 1.54) is 54.5 Å². The molecule has 0 bridgehead atoms. The van der Waals surface area contributed by atoms with Gasteiger partial charge in [-0.15, -0.1) is 10.2 Å². The number of hydrogen-bond donors (Lipinski definition) is 2. The molecule has 1 aromatic heterocycles. The molecule has 1 heterocycles. The molecular formula is C17H20F2N4O2S2. The molecule has 27 heavy (non-hydrogen) atoms. The lowest BCUT2D eigenvalue weighted by Gasteiger charge is -2.21. The molecule has 6 nitrogen and oxygen atoms in total. The number of hydrogen-bond acceptors (Lipinski definition) is 7. The van der Waals surface area contributed by atoms with Crippen molar-refractivity contribution in [3.63, 3.8) is 0 Å². The molecule has 1 fully saturated rings. The molecule has 146 valence electrons. The number of carbonyl (C=O) groups excluding carboxylic acids is 1. The van der Waals surface area contributed by atoms with Crippen LogP contribution in [0.15, 0.2) is 28.6 Å². The molecule has 2 N–H and O–H groups in total. The zero-order chi connectivity index (χ0) is 19.1. The van der Waals surface area contributed by atoms with Crippen molar-refractivity contribution in [2.75, 3.05) is 16.4 Å². The molecule has 3 rings (SSSR count). The second-order valence-corrected chi connectivity index (χ2v) is 8.26. The van der Waals surface area contributed by atoms with Crippen molar-refractivity contribution in [3.8, 4) is 5.75 Å². The van der Waals surface area contributed by atoms with Crippen LogP contribution < -0.4 is 15.4 Å². The van der Waals surface area contributed by atoms with Crippen molar-refractivity contribution in [2.45, 2.75) is 49.1 Å². The highest BCUT2D eigenvalue weighted by atomic mass is 32.2. The van der Waals surface area contributed by atoms with E-state index in [-0.39, 0.29) is 23.1 Å². The summed E-state index contributed by atoms with van der Waals surface area (Å²) in [4.78, 5) is 12.1. The molecular weight excluding hydrogens is 394 g/mol. The first-order valence-electron chi connectivity index (χ1n) is 8.66. The number of rotatable bonds is 8. The minimum atomic E-state index is -2.95. The molecule has 1 aliphatic carbocycles. The zero-order valence-corrected chi connectivity index (χ0v) is 16.1. The van der Waals surface area contributed by atoms with Crippen molar-refractivity contribution in [3.05, 3.63) is 24.3 Å². The number of amides is 1. The van der Waals surface area contributed by atoms with E-state index in [2.05, 4.69) is 25.6 Å². The smallest absolute Gasteiger partial charge is 0.387 e. The molecule has 0 spiro atoms. The largest absolute Gasteiger partial charge is 0.433 e. The Balaban J connectivity index is 1.48. The number of nitrogens with one attached hydrogen (secondary N) is 2. The predicted molar refractivity (Wildman–Crippen MR) is 103 cm³/mol. The summed E-state index contributed by atoms with van der Waals surface area (Å²) in [6.45, 7) is -2.95. The number of ether oxygens (including phenoxy) is 1. The summed E-state index contributed by atoms with van der Waals surface area (Å²) in [6.07, 6.45) is 6.04. The average Bonchev–Trinajstić information content (AvgIpc) is 3.09. The maximum absolute atomic E-state index is 12.4. The number of halogens is 2. The molecule has 1 saturated carbocycles. The topological polar surface area (TPSA) is 76.1 Å². The number of thioether (sulfide) groups is 1. The standard InChI is InChI=1S/C17H20F2N4O2S2/c18-15(19)25-13-9-5-4-8-12(13)21-14(24)10-26-17-23-22-16(27-17)20-11-6-2-1-3-7-11/h4-5,8-9,11,15H,1-3,6-7,10H2,(H,20,22)(H,21,24). The third kappa shape index (κ3) is 6.31. The van der Waals surface area contributed by atoms with E-state index in [9.17, 15) is 13.6 Å². The maximum atomic E-state index is 12.4. The molecule has 0 unspecified atom stereocenters. The van der Waals surface area contributed by atoms with Gasteiger partial charge in [0.1, 0.15) is 5.75 Å². The molecule has 10 heteroatoms. The number of carbonyl (C=O) groups is 1. The van der Waals surface area contributed by atoms with E-state index in [4.69, 9.17) is 0 Å². The summed E-state index contributed by atoms with van der Waals surface area (Å²) in [5.41, 5.74) is 0.209. The highest BCUT2D eigenvalue weighted by molar-refractivity contribution is 8.01. The van der Waals surface area contributed by atoms with Crippen LogP contribution in [0, 0.1) is 0 Å². The van der Waals surface area contributed by atoms with Crippen LogP contribution in [0.3, 0.4) is 0 Å². The number of anilines is 2. The number of benzene rings is 1. The van der Waals surface area contributed by atoms with Crippen molar-refractivity contribution in [2.24, 2.45) is 0 Å². The van der Waals surface area contributed by atoms with Crippen LogP contribution in [-0.4, -0.2) is 34.5 Å². The van der Waals surface area contributed by atoms with Crippen LogP contribution in [0.1, 0.15) is 32.1 Å². The number of nitrogens with zero attached hydrogens (tertiary/aromatic N) is 2. The second kappa shape index (κ2) is 9.84. The van der Waals surface area contributed by atoms with Crippen LogP contribution >= 0.6 is 23.1 Å². The Hall–Kier alpha value is -1.94. The average molecular weight is 415 g/mol. The zero-order valence-electron chi connectivity index (χ0n) is 14.5. The first-order valence-corrected chi connectivity index (χ1v) is 10.5. The molecule has 1 amide bonds. The predicted octanol–water partition coefficient (Wildman–Crippen LogP) is 4.61. The van der Waals surface area contributed by atoms with Gasteiger partial charge in [0.2, 0.25) is 11.0 Å². The summed E-state index contributed by atoms with van der Waals surface area (Å²) in [7, 11) is 0. The van der Waals surface area contributed by atoms with E-state index in [0.29, 0.717) is 10.4 Å². The monoisotopic (exact) mass is 414 g/mol.